The van der Waals surface area contributed by atoms with Crippen molar-refractivity contribution in [2.45, 2.75) is 16.8 Å². The van der Waals surface area contributed by atoms with Crippen LogP contribution in [0.4, 0.5) is 0 Å². The van der Waals surface area contributed by atoms with Gasteiger partial charge in [-0.25, -0.2) is 4.98 Å². The van der Waals surface area contributed by atoms with Crippen molar-refractivity contribution in [3.8, 4) is 11.3 Å². The zero-order chi connectivity index (χ0) is 15.6. The van der Waals surface area contributed by atoms with Crippen LogP contribution < -0.4 is 0 Å². The Balaban J connectivity index is 1.77. The molecule has 4 heteroatoms. The molecule has 0 radical (unpaired) electrons. The molecule has 0 atom stereocenters. The standard InChI is InChI=1S/C19H15N3S/c1-14-7-9-15(10-8-14)17-13-22-18(21-17)11-20-12-19(22)23-16-5-3-2-4-6-16/h2-13H,1H3. The van der Waals surface area contributed by atoms with E-state index in [1.165, 1.54) is 10.5 Å². The Hall–Kier alpha value is -2.59. The molecule has 0 bridgehead atoms. The molecular weight excluding hydrogens is 302 g/mol. The van der Waals surface area contributed by atoms with Crippen molar-refractivity contribution < 1.29 is 0 Å². The summed E-state index contributed by atoms with van der Waals surface area (Å²) >= 11 is 1.69. The van der Waals surface area contributed by atoms with E-state index in [2.05, 4.69) is 58.9 Å². The molecule has 4 rings (SSSR count). The maximum atomic E-state index is 4.70. The van der Waals surface area contributed by atoms with Crippen molar-refractivity contribution in [2.24, 2.45) is 0 Å². The summed E-state index contributed by atoms with van der Waals surface area (Å²) in [4.78, 5) is 10.2. The highest BCUT2D eigenvalue weighted by atomic mass is 32.2. The Morgan fingerprint density at radius 1 is 0.913 bits per heavy atom. The second-order valence-electron chi connectivity index (χ2n) is 5.38. The van der Waals surface area contributed by atoms with E-state index in [0.717, 1.165) is 21.9 Å². The fourth-order valence-corrected chi connectivity index (χ4v) is 3.33. The molecule has 0 fully saturated rings. The topological polar surface area (TPSA) is 30.2 Å². The van der Waals surface area contributed by atoms with Gasteiger partial charge in [0.05, 0.1) is 18.1 Å². The fraction of sp³-hybridized carbons (Fsp3) is 0.0526. The molecule has 0 saturated carbocycles. The van der Waals surface area contributed by atoms with E-state index in [0.29, 0.717) is 0 Å². The van der Waals surface area contributed by atoms with Gasteiger partial charge in [-0.3, -0.25) is 9.38 Å². The van der Waals surface area contributed by atoms with Gasteiger partial charge in [0.2, 0.25) is 0 Å². The fourth-order valence-electron chi connectivity index (χ4n) is 2.44. The van der Waals surface area contributed by atoms with E-state index in [9.17, 15) is 0 Å². The van der Waals surface area contributed by atoms with Crippen LogP contribution in [-0.4, -0.2) is 14.4 Å². The van der Waals surface area contributed by atoms with Gasteiger partial charge in [0.25, 0.3) is 0 Å². The first kappa shape index (κ1) is 14.0. The molecule has 0 unspecified atom stereocenters. The van der Waals surface area contributed by atoms with Gasteiger partial charge in [-0.05, 0) is 19.1 Å². The summed E-state index contributed by atoms with van der Waals surface area (Å²) in [5, 5.41) is 1.06. The molecule has 2 aromatic heterocycles. The molecule has 23 heavy (non-hydrogen) atoms. The van der Waals surface area contributed by atoms with E-state index in [1.807, 2.05) is 24.4 Å². The summed E-state index contributed by atoms with van der Waals surface area (Å²) in [5.41, 5.74) is 4.20. The first-order valence-electron chi connectivity index (χ1n) is 7.43. The lowest BCUT2D eigenvalue weighted by molar-refractivity contribution is 0.981. The Bertz CT molecular complexity index is 943. The lowest BCUT2D eigenvalue weighted by Gasteiger charge is -2.03. The smallest absolute Gasteiger partial charge is 0.156 e. The molecule has 0 spiro atoms. The van der Waals surface area contributed by atoms with Crippen LogP contribution in [0.3, 0.4) is 0 Å². The second-order valence-corrected chi connectivity index (χ2v) is 6.47. The van der Waals surface area contributed by atoms with Gasteiger partial charge in [-0.1, -0.05) is 59.8 Å². The molecule has 3 nitrogen and oxygen atoms in total. The molecule has 4 aromatic rings. The van der Waals surface area contributed by atoms with Gasteiger partial charge in [-0.15, -0.1) is 0 Å². The van der Waals surface area contributed by atoms with Crippen LogP contribution in [-0.2, 0) is 0 Å². The SMILES string of the molecule is Cc1ccc(-c2cn3c(Sc4ccccc4)cncc3n2)cc1. The van der Waals surface area contributed by atoms with Crippen molar-refractivity contribution in [1.29, 1.82) is 0 Å². The molecule has 0 aliphatic heterocycles. The van der Waals surface area contributed by atoms with E-state index in [-0.39, 0.29) is 0 Å². The van der Waals surface area contributed by atoms with Crippen LogP contribution in [0.1, 0.15) is 5.56 Å². The quantitative estimate of drug-likeness (QED) is 0.541. The molecule has 0 saturated heterocycles. The van der Waals surface area contributed by atoms with E-state index in [1.54, 1.807) is 18.0 Å². The van der Waals surface area contributed by atoms with Gasteiger partial charge in [0.1, 0.15) is 5.03 Å². The van der Waals surface area contributed by atoms with Crippen molar-refractivity contribution in [2.75, 3.05) is 0 Å². The predicted molar refractivity (Wildman–Crippen MR) is 93.7 cm³/mol. The number of hydrogen-bond donors (Lipinski definition) is 0. The summed E-state index contributed by atoms with van der Waals surface area (Å²) in [6.45, 7) is 2.09. The maximum absolute atomic E-state index is 4.70. The number of nitrogens with zero attached hydrogens (tertiary/aromatic N) is 3. The van der Waals surface area contributed by atoms with Crippen LogP contribution in [0, 0.1) is 6.92 Å². The zero-order valence-electron chi connectivity index (χ0n) is 12.7. The molecule has 0 amide bonds. The summed E-state index contributed by atoms with van der Waals surface area (Å²) in [5.74, 6) is 0. The molecule has 0 aliphatic carbocycles. The minimum absolute atomic E-state index is 0.863. The normalized spacial score (nSPS) is 11.0. The lowest BCUT2D eigenvalue weighted by atomic mass is 10.1. The number of aromatic nitrogens is 3. The third-order valence-corrected chi connectivity index (χ3v) is 4.68. The van der Waals surface area contributed by atoms with E-state index in [4.69, 9.17) is 4.98 Å². The van der Waals surface area contributed by atoms with Gasteiger partial charge in [0, 0.05) is 16.7 Å². The maximum Gasteiger partial charge on any atom is 0.156 e. The number of benzene rings is 2. The van der Waals surface area contributed by atoms with Crippen LogP contribution in [0.25, 0.3) is 16.9 Å². The Morgan fingerprint density at radius 2 is 1.70 bits per heavy atom. The zero-order valence-corrected chi connectivity index (χ0v) is 13.5. The minimum atomic E-state index is 0.863. The van der Waals surface area contributed by atoms with Crippen molar-refractivity contribution >= 4 is 17.4 Å². The first-order valence-corrected chi connectivity index (χ1v) is 8.24. The third-order valence-electron chi connectivity index (χ3n) is 3.66. The molecule has 2 heterocycles. The highest BCUT2D eigenvalue weighted by Gasteiger charge is 2.08. The van der Waals surface area contributed by atoms with Gasteiger partial charge in [0.15, 0.2) is 5.65 Å². The monoisotopic (exact) mass is 317 g/mol. The van der Waals surface area contributed by atoms with Crippen molar-refractivity contribution in [1.82, 2.24) is 14.4 Å². The molecule has 2 aromatic carbocycles. The average Bonchev–Trinajstić information content (AvgIpc) is 3.02. The summed E-state index contributed by atoms with van der Waals surface area (Å²) in [6, 6.07) is 18.7. The molecule has 0 aliphatic rings. The van der Waals surface area contributed by atoms with Gasteiger partial charge >= 0.3 is 0 Å². The largest absolute Gasteiger partial charge is 0.291 e. The third kappa shape index (κ3) is 2.85. The predicted octanol–water partition coefficient (Wildman–Crippen LogP) is 4.86. The summed E-state index contributed by atoms with van der Waals surface area (Å²) < 4.78 is 2.10. The van der Waals surface area contributed by atoms with Gasteiger partial charge in [-0.2, -0.15) is 0 Å². The van der Waals surface area contributed by atoms with Crippen molar-refractivity contribution in [3.63, 3.8) is 0 Å². The Kier molecular flexibility index (Phi) is 3.60. The first-order chi connectivity index (χ1) is 11.3. The number of hydrogen-bond acceptors (Lipinski definition) is 3. The summed E-state index contributed by atoms with van der Waals surface area (Å²) in [6.07, 6.45) is 5.75. The van der Waals surface area contributed by atoms with E-state index >= 15 is 0 Å². The van der Waals surface area contributed by atoms with Crippen LogP contribution in [0.15, 0.2) is 83.1 Å². The summed E-state index contributed by atoms with van der Waals surface area (Å²) in [7, 11) is 0. The van der Waals surface area contributed by atoms with Crippen molar-refractivity contribution in [3.05, 3.63) is 78.8 Å². The highest BCUT2D eigenvalue weighted by molar-refractivity contribution is 7.99. The molecule has 0 N–H and O–H groups in total. The van der Waals surface area contributed by atoms with Crippen LogP contribution >= 0.6 is 11.8 Å². The Labute approximate surface area is 139 Å². The highest BCUT2D eigenvalue weighted by Crippen LogP contribution is 2.29. The van der Waals surface area contributed by atoms with Crippen LogP contribution in [0.5, 0.6) is 0 Å². The average molecular weight is 317 g/mol. The second kappa shape index (κ2) is 5.89. The van der Waals surface area contributed by atoms with Crippen LogP contribution in [0.2, 0.25) is 0 Å². The molecular formula is C19H15N3S. The van der Waals surface area contributed by atoms with Gasteiger partial charge < -0.3 is 0 Å². The minimum Gasteiger partial charge on any atom is -0.291 e. The number of rotatable bonds is 3. The lowest BCUT2D eigenvalue weighted by Crippen LogP contribution is -1.89. The number of aryl methyl sites for hydroxylation is 1. The number of fused-ring (bicyclic) bond motifs is 1. The van der Waals surface area contributed by atoms with E-state index < -0.39 is 0 Å². The number of imidazole rings is 1. The molecule has 112 valence electrons. The Morgan fingerprint density at radius 3 is 2.48 bits per heavy atom.